The summed E-state index contributed by atoms with van der Waals surface area (Å²) in [6.45, 7) is 0.559. The molecule has 2 atom stereocenters. The van der Waals surface area contributed by atoms with Gasteiger partial charge in [0.25, 0.3) is 5.91 Å². The lowest BCUT2D eigenvalue weighted by Crippen LogP contribution is -2.30. The molecule has 1 aliphatic heterocycles. The van der Waals surface area contributed by atoms with Gasteiger partial charge in [0.2, 0.25) is 0 Å². The van der Waals surface area contributed by atoms with E-state index in [9.17, 15) is 4.79 Å². The Morgan fingerprint density at radius 2 is 2.50 bits per heavy atom. The summed E-state index contributed by atoms with van der Waals surface area (Å²) in [5.74, 6) is -0.476. The molecule has 88 valence electrons. The van der Waals surface area contributed by atoms with E-state index in [-0.39, 0.29) is 18.8 Å². The second kappa shape index (κ2) is 4.63. The van der Waals surface area contributed by atoms with Gasteiger partial charge in [-0.25, -0.2) is 0 Å². The first kappa shape index (κ1) is 11.1. The van der Waals surface area contributed by atoms with Crippen molar-refractivity contribution in [3.05, 3.63) is 18.0 Å². The molecule has 1 aromatic heterocycles. The Kier molecular flexibility index (Phi) is 3.21. The number of aliphatic hydroxyl groups is 1. The molecule has 6 heteroatoms. The van der Waals surface area contributed by atoms with Crippen molar-refractivity contribution >= 4 is 5.91 Å². The number of nitrogens with two attached hydrogens (primary N) is 1. The average molecular weight is 225 g/mol. The molecule has 0 spiro atoms. The number of nitrogens with zero attached hydrogens (tertiary/aromatic N) is 2. The van der Waals surface area contributed by atoms with Gasteiger partial charge in [-0.1, -0.05) is 0 Å². The quantitative estimate of drug-likeness (QED) is 0.738. The molecule has 16 heavy (non-hydrogen) atoms. The predicted molar refractivity (Wildman–Crippen MR) is 55.8 cm³/mol. The van der Waals surface area contributed by atoms with Crippen LogP contribution in [0.1, 0.15) is 29.2 Å². The van der Waals surface area contributed by atoms with Crippen LogP contribution in [0.25, 0.3) is 0 Å². The number of carbonyl (C=O) groups is 1. The van der Waals surface area contributed by atoms with Gasteiger partial charge in [-0.05, 0) is 12.8 Å². The van der Waals surface area contributed by atoms with Crippen LogP contribution in [0.2, 0.25) is 0 Å². The molecular weight excluding hydrogens is 210 g/mol. The molecule has 2 heterocycles. The Bertz CT molecular complexity index is 369. The summed E-state index contributed by atoms with van der Waals surface area (Å²) in [6, 6.07) is 0.121. The molecule has 3 N–H and O–H groups in total. The zero-order chi connectivity index (χ0) is 11.5. The summed E-state index contributed by atoms with van der Waals surface area (Å²) in [5, 5.41) is 13.0. The third-order valence-electron chi connectivity index (χ3n) is 2.81. The Morgan fingerprint density at radius 3 is 3.00 bits per heavy atom. The lowest BCUT2D eigenvalue weighted by molar-refractivity contribution is -0.0411. The van der Waals surface area contributed by atoms with Crippen molar-refractivity contribution in [1.29, 1.82) is 0 Å². The van der Waals surface area contributed by atoms with Gasteiger partial charge in [-0.2, -0.15) is 5.10 Å². The molecule has 0 aromatic carbocycles. The highest BCUT2D eigenvalue weighted by molar-refractivity contribution is 5.92. The van der Waals surface area contributed by atoms with Crippen LogP contribution in [0.15, 0.2) is 12.4 Å². The summed E-state index contributed by atoms with van der Waals surface area (Å²) in [4.78, 5) is 10.9. The van der Waals surface area contributed by atoms with E-state index in [0.29, 0.717) is 12.2 Å². The topological polar surface area (TPSA) is 90.4 Å². The van der Waals surface area contributed by atoms with Crippen LogP contribution in [0.4, 0.5) is 0 Å². The van der Waals surface area contributed by atoms with Crippen LogP contribution in [0.3, 0.4) is 0 Å². The molecule has 6 nitrogen and oxygen atoms in total. The minimum absolute atomic E-state index is 0.0539. The highest BCUT2D eigenvalue weighted by atomic mass is 16.5. The van der Waals surface area contributed by atoms with Crippen molar-refractivity contribution in [1.82, 2.24) is 9.78 Å². The molecule has 1 aromatic rings. The minimum atomic E-state index is -0.476. The Hall–Kier alpha value is -1.40. The van der Waals surface area contributed by atoms with Crippen LogP contribution in [0, 0.1) is 0 Å². The molecule has 0 aliphatic carbocycles. The van der Waals surface area contributed by atoms with Gasteiger partial charge in [0, 0.05) is 6.20 Å². The van der Waals surface area contributed by atoms with E-state index in [2.05, 4.69) is 5.10 Å². The second-order valence-corrected chi connectivity index (χ2v) is 3.94. The lowest BCUT2D eigenvalue weighted by atomic mass is 10.1. The van der Waals surface area contributed by atoms with Crippen molar-refractivity contribution in [2.75, 3.05) is 13.2 Å². The number of primary amides is 1. The molecule has 0 bridgehead atoms. The number of hydrogen-bond acceptors (Lipinski definition) is 4. The van der Waals surface area contributed by atoms with E-state index in [0.717, 1.165) is 12.8 Å². The van der Waals surface area contributed by atoms with Gasteiger partial charge < -0.3 is 15.6 Å². The van der Waals surface area contributed by atoms with Crippen LogP contribution < -0.4 is 5.73 Å². The summed E-state index contributed by atoms with van der Waals surface area (Å²) in [7, 11) is 0. The van der Waals surface area contributed by atoms with Crippen LogP contribution >= 0.6 is 0 Å². The number of rotatable bonds is 3. The maximum Gasteiger partial charge on any atom is 0.251 e. The lowest BCUT2D eigenvalue weighted by Gasteiger charge is -2.27. The SMILES string of the molecule is NC(=O)c1cnn(C2CCC(CO)OC2)c1. The highest BCUT2D eigenvalue weighted by Crippen LogP contribution is 2.22. The smallest absolute Gasteiger partial charge is 0.251 e. The number of amides is 1. The minimum Gasteiger partial charge on any atom is -0.394 e. The maximum absolute atomic E-state index is 10.9. The molecule has 0 saturated carbocycles. The third-order valence-corrected chi connectivity index (χ3v) is 2.81. The number of hydrogen-bond donors (Lipinski definition) is 2. The zero-order valence-corrected chi connectivity index (χ0v) is 8.87. The van der Waals surface area contributed by atoms with Crippen molar-refractivity contribution in [3.63, 3.8) is 0 Å². The van der Waals surface area contributed by atoms with Crippen molar-refractivity contribution in [3.8, 4) is 0 Å². The largest absolute Gasteiger partial charge is 0.394 e. The second-order valence-electron chi connectivity index (χ2n) is 3.94. The molecule has 1 amide bonds. The Morgan fingerprint density at radius 1 is 1.69 bits per heavy atom. The zero-order valence-electron chi connectivity index (χ0n) is 8.87. The normalized spacial score (nSPS) is 25.6. The third kappa shape index (κ3) is 2.23. The summed E-state index contributed by atoms with van der Waals surface area (Å²) < 4.78 is 7.14. The summed E-state index contributed by atoms with van der Waals surface area (Å²) >= 11 is 0. The van der Waals surface area contributed by atoms with Gasteiger partial charge in [0.1, 0.15) is 0 Å². The van der Waals surface area contributed by atoms with E-state index >= 15 is 0 Å². The van der Waals surface area contributed by atoms with Crippen LogP contribution in [0.5, 0.6) is 0 Å². The summed E-state index contributed by atoms with van der Waals surface area (Å²) in [5.41, 5.74) is 5.55. The first-order chi connectivity index (χ1) is 7.70. The van der Waals surface area contributed by atoms with Gasteiger partial charge in [0.05, 0.1) is 37.1 Å². The van der Waals surface area contributed by atoms with E-state index in [1.165, 1.54) is 6.20 Å². The van der Waals surface area contributed by atoms with E-state index < -0.39 is 5.91 Å². The number of carbonyl (C=O) groups excluding carboxylic acids is 1. The molecule has 1 saturated heterocycles. The van der Waals surface area contributed by atoms with Gasteiger partial charge in [0.15, 0.2) is 0 Å². The van der Waals surface area contributed by atoms with Gasteiger partial charge in [-0.15, -0.1) is 0 Å². The average Bonchev–Trinajstić information content (AvgIpc) is 2.78. The maximum atomic E-state index is 10.9. The highest BCUT2D eigenvalue weighted by Gasteiger charge is 2.23. The molecule has 0 radical (unpaired) electrons. The van der Waals surface area contributed by atoms with Gasteiger partial charge >= 0.3 is 0 Å². The molecule has 2 unspecified atom stereocenters. The van der Waals surface area contributed by atoms with Gasteiger partial charge in [-0.3, -0.25) is 9.48 Å². The van der Waals surface area contributed by atoms with Crippen molar-refractivity contribution in [2.45, 2.75) is 25.0 Å². The molecule has 1 fully saturated rings. The molecular formula is C10H15N3O3. The van der Waals surface area contributed by atoms with Crippen molar-refractivity contribution in [2.24, 2.45) is 5.73 Å². The fraction of sp³-hybridized carbons (Fsp3) is 0.600. The van der Waals surface area contributed by atoms with Crippen LogP contribution in [-0.4, -0.2) is 40.1 Å². The number of ether oxygens (including phenoxy) is 1. The summed E-state index contributed by atoms with van der Waals surface area (Å²) in [6.07, 6.45) is 4.70. The van der Waals surface area contributed by atoms with E-state index in [1.807, 2.05) is 0 Å². The molecule has 1 aliphatic rings. The van der Waals surface area contributed by atoms with E-state index in [1.54, 1.807) is 10.9 Å². The number of aromatic nitrogens is 2. The monoisotopic (exact) mass is 225 g/mol. The fourth-order valence-corrected chi connectivity index (χ4v) is 1.81. The predicted octanol–water partition coefficient (Wildman–Crippen LogP) is -0.306. The first-order valence-corrected chi connectivity index (χ1v) is 5.27. The van der Waals surface area contributed by atoms with Crippen LogP contribution in [-0.2, 0) is 4.74 Å². The van der Waals surface area contributed by atoms with Crippen molar-refractivity contribution < 1.29 is 14.6 Å². The molecule has 2 rings (SSSR count). The standard InChI is InChI=1S/C10H15N3O3/c11-10(15)7-3-12-13(4-7)8-1-2-9(5-14)16-6-8/h3-4,8-9,14H,1-2,5-6H2,(H2,11,15). The first-order valence-electron chi connectivity index (χ1n) is 5.27. The Balaban J connectivity index is 2.00. The van der Waals surface area contributed by atoms with E-state index in [4.69, 9.17) is 15.6 Å². The fourth-order valence-electron chi connectivity index (χ4n) is 1.81. The number of aliphatic hydroxyl groups excluding tert-OH is 1. The Labute approximate surface area is 93.0 Å².